The average Bonchev–Trinajstić information content (AvgIpc) is 3.22. The van der Waals surface area contributed by atoms with Crippen molar-refractivity contribution in [1.29, 1.82) is 0 Å². The van der Waals surface area contributed by atoms with Crippen LogP contribution in [0, 0.1) is 0 Å². The van der Waals surface area contributed by atoms with Crippen LogP contribution in [0.25, 0.3) is 16.9 Å². The third kappa shape index (κ3) is 4.17. The molecule has 1 N–H and O–H groups in total. The fourth-order valence-corrected chi connectivity index (χ4v) is 3.75. The third-order valence-electron chi connectivity index (χ3n) is 5.38. The van der Waals surface area contributed by atoms with E-state index in [0.29, 0.717) is 24.3 Å². The Morgan fingerprint density at radius 2 is 2.03 bits per heavy atom. The van der Waals surface area contributed by atoms with Gasteiger partial charge in [0, 0.05) is 55.4 Å². The lowest BCUT2D eigenvalue weighted by molar-refractivity contribution is 0.0903. The summed E-state index contributed by atoms with van der Waals surface area (Å²) >= 11 is 0. The van der Waals surface area contributed by atoms with Crippen LogP contribution in [-0.2, 0) is 11.2 Å². The number of nitrogens with one attached hydrogen (secondary N) is 1. The lowest BCUT2D eigenvalue weighted by atomic mass is 10.1. The molecule has 0 aliphatic carbocycles. The Morgan fingerprint density at radius 1 is 1.13 bits per heavy atom. The van der Waals surface area contributed by atoms with Crippen LogP contribution in [0.3, 0.4) is 0 Å². The van der Waals surface area contributed by atoms with Crippen LogP contribution >= 0.6 is 0 Å². The second-order valence-corrected chi connectivity index (χ2v) is 7.40. The summed E-state index contributed by atoms with van der Waals surface area (Å²) in [5.74, 6) is 2.05. The van der Waals surface area contributed by atoms with E-state index in [-0.39, 0.29) is 0 Å². The molecule has 0 amide bonds. The van der Waals surface area contributed by atoms with Crippen molar-refractivity contribution < 1.29 is 9.47 Å². The van der Waals surface area contributed by atoms with Gasteiger partial charge in [0.2, 0.25) is 11.8 Å². The van der Waals surface area contributed by atoms with Crippen molar-refractivity contribution in [2.24, 2.45) is 0 Å². The van der Waals surface area contributed by atoms with Crippen molar-refractivity contribution in [3.8, 4) is 17.1 Å². The Balaban J connectivity index is 1.39. The molecular weight excluding hydrogens is 394 g/mol. The number of fused-ring (bicyclic) bond motifs is 1. The molecule has 1 saturated heterocycles. The smallest absolute Gasteiger partial charge is 0.223 e. The minimum Gasteiger partial charge on any atom is -0.481 e. The van der Waals surface area contributed by atoms with E-state index in [1.165, 1.54) is 0 Å². The number of methoxy groups -OCH3 is 1. The van der Waals surface area contributed by atoms with Gasteiger partial charge in [0.25, 0.3) is 0 Å². The van der Waals surface area contributed by atoms with Crippen LogP contribution in [0.2, 0.25) is 0 Å². The summed E-state index contributed by atoms with van der Waals surface area (Å²) in [6.07, 6.45) is 7.95. The molecule has 0 unspecified atom stereocenters. The molecule has 158 valence electrons. The number of rotatable bonds is 6. The average molecular weight is 417 g/mol. The molecule has 0 atom stereocenters. The fourth-order valence-electron chi connectivity index (χ4n) is 3.75. The van der Waals surface area contributed by atoms with Crippen LogP contribution in [0.15, 0.2) is 48.9 Å². The molecular formula is C22H23N7O2. The van der Waals surface area contributed by atoms with Crippen LogP contribution < -0.4 is 10.1 Å². The molecule has 5 heterocycles. The van der Waals surface area contributed by atoms with E-state index in [1.54, 1.807) is 19.5 Å². The standard InChI is InChI=1S/C22H23N7O2/c1-30-21-16(3-2-8-23-21)14-20-28-27-19-13-15(5-10-29(19)20)18-4-9-24-22(26-18)25-17-6-11-31-12-7-17/h2-5,8-10,13,17H,6-7,11-12,14H2,1H3,(H,24,25,26). The first-order valence-electron chi connectivity index (χ1n) is 10.3. The fraction of sp³-hybridized carbons (Fsp3) is 0.318. The molecule has 9 heteroatoms. The number of aromatic nitrogens is 6. The van der Waals surface area contributed by atoms with E-state index in [0.717, 1.165) is 54.3 Å². The van der Waals surface area contributed by atoms with Gasteiger partial charge in [0.05, 0.1) is 12.8 Å². The van der Waals surface area contributed by atoms with Gasteiger partial charge in [-0.2, -0.15) is 0 Å². The molecule has 1 fully saturated rings. The van der Waals surface area contributed by atoms with Crippen molar-refractivity contribution in [2.75, 3.05) is 25.6 Å². The third-order valence-corrected chi connectivity index (χ3v) is 5.38. The summed E-state index contributed by atoms with van der Waals surface area (Å²) in [5, 5.41) is 12.1. The molecule has 0 saturated carbocycles. The molecule has 9 nitrogen and oxygen atoms in total. The first-order valence-corrected chi connectivity index (χ1v) is 10.3. The van der Waals surface area contributed by atoms with Crippen LogP contribution in [0.4, 0.5) is 5.95 Å². The van der Waals surface area contributed by atoms with E-state index in [2.05, 4.69) is 25.5 Å². The summed E-state index contributed by atoms with van der Waals surface area (Å²) in [7, 11) is 1.62. The van der Waals surface area contributed by atoms with Crippen molar-refractivity contribution >= 4 is 11.6 Å². The summed E-state index contributed by atoms with van der Waals surface area (Å²) in [6, 6.07) is 10.1. The van der Waals surface area contributed by atoms with Crippen LogP contribution in [0.5, 0.6) is 5.88 Å². The quantitative estimate of drug-likeness (QED) is 0.511. The molecule has 5 rings (SSSR count). The van der Waals surface area contributed by atoms with Gasteiger partial charge in [-0.05, 0) is 37.1 Å². The number of hydrogen-bond donors (Lipinski definition) is 1. The highest BCUT2D eigenvalue weighted by molar-refractivity contribution is 5.64. The summed E-state index contributed by atoms with van der Waals surface area (Å²) in [4.78, 5) is 13.3. The molecule has 0 aromatic carbocycles. The zero-order valence-corrected chi connectivity index (χ0v) is 17.2. The van der Waals surface area contributed by atoms with Gasteiger partial charge < -0.3 is 14.8 Å². The zero-order chi connectivity index (χ0) is 21.0. The van der Waals surface area contributed by atoms with E-state index in [1.807, 2.05) is 40.9 Å². The normalized spacial score (nSPS) is 14.6. The zero-order valence-electron chi connectivity index (χ0n) is 17.2. The van der Waals surface area contributed by atoms with E-state index >= 15 is 0 Å². The number of pyridine rings is 2. The molecule has 0 radical (unpaired) electrons. The number of anilines is 1. The van der Waals surface area contributed by atoms with Crippen molar-refractivity contribution in [3.05, 3.63) is 60.3 Å². The highest BCUT2D eigenvalue weighted by Crippen LogP contribution is 2.22. The number of nitrogens with zero attached hydrogens (tertiary/aromatic N) is 6. The highest BCUT2D eigenvalue weighted by atomic mass is 16.5. The maximum absolute atomic E-state index is 5.42. The van der Waals surface area contributed by atoms with Crippen LogP contribution in [-0.4, -0.2) is 55.9 Å². The predicted octanol–water partition coefficient (Wildman–Crippen LogP) is 2.77. The summed E-state index contributed by atoms with van der Waals surface area (Å²) in [5.41, 5.74) is 3.52. The second kappa shape index (κ2) is 8.65. The Hall–Kier alpha value is -3.59. The Kier molecular flexibility index (Phi) is 5.40. The molecule has 0 spiro atoms. The predicted molar refractivity (Wildman–Crippen MR) is 115 cm³/mol. The van der Waals surface area contributed by atoms with Crippen molar-refractivity contribution in [2.45, 2.75) is 25.3 Å². The van der Waals surface area contributed by atoms with Gasteiger partial charge in [-0.1, -0.05) is 6.07 Å². The maximum Gasteiger partial charge on any atom is 0.223 e. The van der Waals surface area contributed by atoms with E-state index in [9.17, 15) is 0 Å². The van der Waals surface area contributed by atoms with Gasteiger partial charge in [-0.3, -0.25) is 4.40 Å². The monoisotopic (exact) mass is 417 g/mol. The molecule has 1 aliphatic rings. The maximum atomic E-state index is 5.42. The Labute approximate surface area is 179 Å². The topological polar surface area (TPSA) is 99.4 Å². The highest BCUT2D eigenvalue weighted by Gasteiger charge is 2.15. The van der Waals surface area contributed by atoms with Gasteiger partial charge in [0.1, 0.15) is 5.82 Å². The molecule has 0 bridgehead atoms. The SMILES string of the molecule is COc1ncccc1Cc1nnc2cc(-c3ccnc(NC4CCOCC4)n3)ccn12. The number of ether oxygens (including phenoxy) is 2. The van der Waals surface area contributed by atoms with E-state index in [4.69, 9.17) is 14.5 Å². The lowest BCUT2D eigenvalue weighted by Crippen LogP contribution is -2.28. The molecule has 31 heavy (non-hydrogen) atoms. The first-order chi connectivity index (χ1) is 15.3. The van der Waals surface area contributed by atoms with Crippen molar-refractivity contribution in [3.63, 3.8) is 0 Å². The minimum absolute atomic E-state index is 0.343. The van der Waals surface area contributed by atoms with Crippen LogP contribution in [0.1, 0.15) is 24.2 Å². The van der Waals surface area contributed by atoms with Crippen molar-refractivity contribution in [1.82, 2.24) is 29.5 Å². The van der Waals surface area contributed by atoms with E-state index < -0.39 is 0 Å². The first kappa shape index (κ1) is 19.4. The van der Waals surface area contributed by atoms with Gasteiger partial charge in [-0.15, -0.1) is 10.2 Å². The summed E-state index contributed by atoms with van der Waals surface area (Å²) in [6.45, 7) is 1.54. The van der Waals surface area contributed by atoms with Gasteiger partial charge >= 0.3 is 0 Å². The molecule has 1 aliphatic heterocycles. The largest absolute Gasteiger partial charge is 0.481 e. The Morgan fingerprint density at radius 3 is 2.90 bits per heavy atom. The number of hydrogen-bond acceptors (Lipinski definition) is 8. The Bertz CT molecular complexity index is 1190. The summed E-state index contributed by atoms with van der Waals surface area (Å²) < 4.78 is 12.7. The minimum atomic E-state index is 0.343. The second-order valence-electron chi connectivity index (χ2n) is 7.40. The van der Waals surface area contributed by atoms with Gasteiger partial charge in [-0.25, -0.2) is 15.0 Å². The molecule has 4 aromatic rings. The molecule has 4 aromatic heterocycles. The van der Waals surface area contributed by atoms with Gasteiger partial charge in [0.15, 0.2) is 5.65 Å². The lowest BCUT2D eigenvalue weighted by Gasteiger charge is -2.23.